The van der Waals surface area contributed by atoms with Gasteiger partial charge in [-0.2, -0.15) is 0 Å². The van der Waals surface area contributed by atoms with Gasteiger partial charge in [-0.3, -0.25) is 9.59 Å². The van der Waals surface area contributed by atoms with Gasteiger partial charge >= 0.3 is 0 Å². The van der Waals surface area contributed by atoms with Crippen molar-refractivity contribution in [2.24, 2.45) is 0 Å². The van der Waals surface area contributed by atoms with Gasteiger partial charge in [-0.1, -0.05) is 5.16 Å². The number of likely N-dealkylation sites (N-methyl/N-ethyl adjacent to an activating group) is 1. The lowest BCUT2D eigenvalue weighted by Gasteiger charge is -2.14. The molecule has 108 valence electrons. The normalized spacial score (nSPS) is 13.4. The minimum atomic E-state index is -0.330. The number of carbonyl (C=O) groups is 2. The van der Waals surface area contributed by atoms with Crippen LogP contribution in [0.1, 0.15) is 28.7 Å². The number of nitrogens with one attached hydrogen (secondary N) is 1. The second kappa shape index (κ2) is 5.05. The molecular weight excluding hydrogens is 270 g/mol. The summed E-state index contributed by atoms with van der Waals surface area (Å²) in [6.45, 7) is 4.31. The van der Waals surface area contributed by atoms with Crippen LogP contribution in [0.3, 0.4) is 0 Å². The van der Waals surface area contributed by atoms with Crippen molar-refractivity contribution >= 4 is 23.2 Å². The number of amides is 2. The van der Waals surface area contributed by atoms with Crippen molar-refractivity contribution in [3.05, 3.63) is 41.3 Å². The Morgan fingerprint density at radius 3 is 2.90 bits per heavy atom. The second-order valence-electron chi connectivity index (χ2n) is 4.94. The Balaban J connectivity index is 1.81. The third kappa shape index (κ3) is 2.40. The highest BCUT2D eigenvalue weighted by molar-refractivity contribution is 6.05. The zero-order valence-corrected chi connectivity index (χ0v) is 11.8. The van der Waals surface area contributed by atoms with Crippen molar-refractivity contribution in [3.8, 4) is 0 Å². The number of hydrogen-bond acceptors (Lipinski definition) is 4. The van der Waals surface area contributed by atoms with Crippen molar-refractivity contribution in [1.82, 2.24) is 5.16 Å². The molecule has 1 N–H and O–H groups in total. The lowest BCUT2D eigenvalue weighted by Crippen LogP contribution is -2.25. The van der Waals surface area contributed by atoms with Gasteiger partial charge in [0.05, 0.1) is 6.42 Å². The fraction of sp³-hybridized carbons (Fsp3) is 0.267. The Hall–Kier alpha value is -2.63. The summed E-state index contributed by atoms with van der Waals surface area (Å²) in [6.07, 6.45) is 0.371. The standard InChI is InChI=1S/C15H15N3O3/c1-3-18-13-5-4-11(7-10(13)8-14(18)19)16-15(20)12-6-9(2)21-17-12/h4-7H,3,8H2,1-2H3,(H,16,20). The maximum absolute atomic E-state index is 12.0. The highest BCUT2D eigenvalue weighted by Crippen LogP contribution is 2.31. The van der Waals surface area contributed by atoms with Crippen LogP contribution < -0.4 is 10.2 Å². The molecule has 0 bridgehead atoms. The van der Waals surface area contributed by atoms with Crippen molar-refractivity contribution in [3.63, 3.8) is 0 Å². The quantitative estimate of drug-likeness (QED) is 0.937. The molecule has 0 spiro atoms. The molecule has 0 saturated carbocycles. The van der Waals surface area contributed by atoms with Crippen molar-refractivity contribution < 1.29 is 14.1 Å². The molecule has 3 rings (SSSR count). The number of anilines is 2. The van der Waals surface area contributed by atoms with E-state index in [1.54, 1.807) is 24.0 Å². The van der Waals surface area contributed by atoms with E-state index in [0.29, 0.717) is 24.4 Å². The van der Waals surface area contributed by atoms with E-state index in [4.69, 9.17) is 4.52 Å². The van der Waals surface area contributed by atoms with E-state index in [0.717, 1.165) is 11.3 Å². The summed E-state index contributed by atoms with van der Waals surface area (Å²) < 4.78 is 4.88. The molecule has 0 aliphatic carbocycles. The maximum atomic E-state index is 12.0. The zero-order valence-electron chi connectivity index (χ0n) is 11.8. The van der Waals surface area contributed by atoms with Gasteiger partial charge in [0.15, 0.2) is 5.69 Å². The van der Waals surface area contributed by atoms with Crippen LogP contribution in [0, 0.1) is 6.92 Å². The third-order valence-corrected chi connectivity index (χ3v) is 3.45. The van der Waals surface area contributed by atoms with E-state index >= 15 is 0 Å². The van der Waals surface area contributed by atoms with E-state index in [2.05, 4.69) is 10.5 Å². The Labute approximate surface area is 121 Å². The predicted octanol–water partition coefficient (Wildman–Crippen LogP) is 2.14. The van der Waals surface area contributed by atoms with Gasteiger partial charge in [0.25, 0.3) is 5.91 Å². The van der Waals surface area contributed by atoms with Gasteiger partial charge in [-0.15, -0.1) is 0 Å². The van der Waals surface area contributed by atoms with Crippen LogP contribution in [0.2, 0.25) is 0 Å². The summed E-state index contributed by atoms with van der Waals surface area (Å²) in [5.74, 6) is 0.338. The summed E-state index contributed by atoms with van der Waals surface area (Å²) in [5.41, 5.74) is 2.72. The molecule has 6 heteroatoms. The van der Waals surface area contributed by atoms with E-state index in [1.165, 1.54) is 0 Å². The average molecular weight is 285 g/mol. The fourth-order valence-electron chi connectivity index (χ4n) is 2.48. The largest absolute Gasteiger partial charge is 0.361 e. The summed E-state index contributed by atoms with van der Waals surface area (Å²) in [4.78, 5) is 25.6. The predicted molar refractivity (Wildman–Crippen MR) is 77.4 cm³/mol. The fourth-order valence-corrected chi connectivity index (χ4v) is 2.48. The number of hydrogen-bond donors (Lipinski definition) is 1. The van der Waals surface area contributed by atoms with Gasteiger partial charge in [0.2, 0.25) is 5.91 Å². The molecule has 0 radical (unpaired) electrons. The van der Waals surface area contributed by atoms with Crippen molar-refractivity contribution in [2.75, 3.05) is 16.8 Å². The molecule has 6 nitrogen and oxygen atoms in total. The van der Waals surface area contributed by atoms with Gasteiger partial charge in [0, 0.05) is 24.0 Å². The molecule has 2 heterocycles. The van der Waals surface area contributed by atoms with Crippen LogP contribution >= 0.6 is 0 Å². The van der Waals surface area contributed by atoms with E-state index in [9.17, 15) is 9.59 Å². The molecule has 1 aromatic carbocycles. The molecule has 1 aliphatic heterocycles. The highest BCUT2D eigenvalue weighted by Gasteiger charge is 2.26. The van der Waals surface area contributed by atoms with E-state index in [1.807, 2.05) is 19.1 Å². The van der Waals surface area contributed by atoms with Gasteiger partial charge in [-0.05, 0) is 37.6 Å². The summed E-state index contributed by atoms with van der Waals surface area (Å²) >= 11 is 0. The Bertz CT molecular complexity index is 721. The first-order valence-electron chi connectivity index (χ1n) is 6.76. The number of aromatic nitrogens is 1. The molecule has 21 heavy (non-hydrogen) atoms. The van der Waals surface area contributed by atoms with E-state index < -0.39 is 0 Å². The monoisotopic (exact) mass is 285 g/mol. The molecule has 0 saturated heterocycles. The first-order valence-corrected chi connectivity index (χ1v) is 6.76. The molecule has 2 amide bonds. The number of benzene rings is 1. The van der Waals surface area contributed by atoms with Crippen LogP contribution in [0.5, 0.6) is 0 Å². The van der Waals surface area contributed by atoms with Crippen molar-refractivity contribution in [1.29, 1.82) is 0 Å². The number of fused-ring (bicyclic) bond motifs is 1. The van der Waals surface area contributed by atoms with Crippen LogP contribution in [0.4, 0.5) is 11.4 Å². The molecule has 1 aliphatic rings. The molecule has 0 unspecified atom stereocenters. The number of aryl methyl sites for hydroxylation is 1. The Kier molecular flexibility index (Phi) is 3.21. The minimum Gasteiger partial charge on any atom is -0.361 e. The van der Waals surface area contributed by atoms with E-state index in [-0.39, 0.29) is 17.5 Å². The van der Waals surface area contributed by atoms with Crippen molar-refractivity contribution in [2.45, 2.75) is 20.3 Å². The lowest BCUT2D eigenvalue weighted by molar-refractivity contribution is -0.117. The summed E-state index contributed by atoms with van der Waals surface area (Å²) in [6, 6.07) is 7.04. The molecule has 1 aromatic heterocycles. The number of rotatable bonds is 3. The molecule has 0 atom stereocenters. The topological polar surface area (TPSA) is 75.4 Å². The molecule has 0 fully saturated rings. The highest BCUT2D eigenvalue weighted by atomic mass is 16.5. The minimum absolute atomic E-state index is 0.0862. The molecule has 2 aromatic rings. The maximum Gasteiger partial charge on any atom is 0.277 e. The average Bonchev–Trinajstić information content (AvgIpc) is 3.01. The van der Waals surface area contributed by atoms with Gasteiger partial charge in [0.1, 0.15) is 5.76 Å². The van der Waals surface area contributed by atoms with Gasteiger partial charge < -0.3 is 14.7 Å². The molecular formula is C15H15N3O3. The van der Waals surface area contributed by atoms with Crippen LogP contribution in [-0.4, -0.2) is 23.5 Å². The summed E-state index contributed by atoms with van der Waals surface area (Å²) in [5, 5.41) is 6.43. The smallest absolute Gasteiger partial charge is 0.277 e. The van der Waals surface area contributed by atoms with Crippen LogP contribution in [0.15, 0.2) is 28.8 Å². The number of nitrogens with zero attached hydrogens (tertiary/aromatic N) is 2. The van der Waals surface area contributed by atoms with Gasteiger partial charge in [-0.25, -0.2) is 0 Å². The third-order valence-electron chi connectivity index (χ3n) is 3.45. The SMILES string of the molecule is CCN1C(=O)Cc2cc(NC(=O)c3cc(C)on3)ccc21. The zero-order chi connectivity index (χ0) is 15.0. The number of carbonyl (C=O) groups excluding carboxylic acids is 2. The van der Waals surface area contributed by atoms with Crippen LogP contribution in [0.25, 0.3) is 0 Å². The first kappa shape index (κ1) is 13.4. The second-order valence-corrected chi connectivity index (χ2v) is 4.94. The summed E-state index contributed by atoms with van der Waals surface area (Å²) in [7, 11) is 0. The van der Waals surface area contributed by atoms with Crippen LogP contribution in [-0.2, 0) is 11.2 Å². The Morgan fingerprint density at radius 1 is 1.43 bits per heavy atom. The Morgan fingerprint density at radius 2 is 2.24 bits per heavy atom. The lowest BCUT2D eigenvalue weighted by atomic mass is 10.1. The first-order chi connectivity index (χ1) is 10.1.